The van der Waals surface area contributed by atoms with Gasteiger partial charge in [-0.3, -0.25) is 9.80 Å². The van der Waals surface area contributed by atoms with Gasteiger partial charge in [0.05, 0.1) is 19.4 Å². The SMILES string of the molecule is COc1ccc(OCCN2CCN([C@H](C)c3nc(-c4ccco4)no3)CC2)cc1. The quantitative estimate of drug-likeness (QED) is 0.573. The van der Waals surface area contributed by atoms with Gasteiger partial charge in [0, 0.05) is 32.7 Å². The van der Waals surface area contributed by atoms with E-state index in [1.54, 1.807) is 13.4 Å². The summed E-state index contributed by atoms with van der Waals surface area (Å²) in [5.41, 5.74) is 0. The molecule has 0 amide bonds. The average molecular weight is 398 g/mol. The van der Waals surface area contributed by atoms with Crippen LogP contribution in [0.2, 0.25) is 0 Å². The Labute approximate surface area is 170 Å². The standard InChI is InChI=1S/C21H26N4O4/c1-16(21-22-20(23-29-21)19-4-3-14-28-19)25-11-9-24(10-12-25)13-15-27-18-7-5-17(26-2)6-8-18/h3-8,14,16H,9-13,15H2,1-2H3/t16-/m1/s1. The summed E-state index contributed by atoms with van der Waals surface area (Å²) in [7, 11) is 1.66. The third kappa shape index (κ3) is 4.78. The smallest absolute Gasteiger partial charge is 0.244 e. The minimum Gasteiger partial charge on any atom is -0.497 e. The number of ether oxygens (including phenoxy) is 2. The first kappa shape index (κ1) is 19.5. The molecule has 0 unspecified atom stereocenters. The lowest BCUT2D eigenvalue weighted by Crippen LogP contribution is -2.48. The Balaban J connectivity index is 1.21. The van der Waals surface area contributed by atoms with E-state index in [1.165, 1.54) is 0 Å². The molecule has 0 N–H and O–H groups in total. The average Bonchev–Trinajstić information content (AvgIpc) is 3.46. The van der Waals surface area contributed by atoms with Crippen molar-refractivity contribution < 1.29 is 18.4 Å². The number of rotatable bonds is 8. The molecule has 1 atom stereocenters. The van der Waals surface area contributed by atoms with Crippen LogP contribution in [0.1, 0.15) is 18.9 Å². The molecule has 8 nitrogen and oxygen atoms in total. The van der Waals surface area contributed by atoms with Crippen LogP contribution in [0.15, 0.2) is 51.6 Å². The van der Waals surface area contributed by atoms with Gasteiger partial charge in [-0.15, -0.1) is 0 Å². The van der Waals surface area contributed by atoms with E-state index in [0.717, 1.165) is 44.2 Å². The summed E-state index contributed by atoms with van der Waals surface area (Å²) in [5.74, 6) is 3.43. The topological polar surface area (TPSA) is 77.0 Å². The summed E-state index contributed by atoms with van der Waals surface area (Å²) >= 11 is 0. The summed E-state index contributed by atoms with van der Waals surface area (Å²) < 4.78 is 21.8. The van der Waals surface area contributed by atoms with Gasteiger partial charge in [0.25, 0.3) is 0 Å². The Kier molecular flexibility index (Phi) is 6.12. The Morgan fingerprint density at radius 1 is 1.07 bits per heavy atom. The normalized spacial score (nSPS) is 16.6. The maximum atomic E-state index is 5.84. The molecule has 29 heavy (non-hydrogen) atoms. The number of methoxy groups -OCH3 is 1. The van der Waals surface area contributed by atoms with Crippen LogP contribution < -0.4 is 9.47 Å². The van der Waals surface area contributed by atoms with Crippen molar-refractivity contribution in [1.82, 2.24) is 19.9 Å². The molecule has 4 rings (SSSR count). The summed E-state index contributed by atoms with van der Waals surface area (Å²) in [4.78, 5) is 9.26. The predicted octanol–water partition coefficient (Wildman–Crippen LogP) is 3.10. The molecular formula is C21H26N4O4. The van der Waals surface area contributed by atoms with E-state index in [2.05, 4.69) is 26.9 Å². The molecule has 3 heterocycles. The van der Waals surface area contributed by atoms with Gasteiger partial charge >= 0.3 is 0 Å². The van der Waals surface area contributed by atoms with Crippen molar-refractivity contribution in [2.75, 3.05) is 46.4 Å². The Bertz CT molecular complexity index is 870. The first-order valence-electron chi connectivity index (χ1n) is 9.83. The maximum absolute atomic E-state index is 5.84. The van der Waals surface area contributed by atoms with Crippen LogP contribution in [-0.4, -0.2) is 66.4 Å². The second-order valence-electron chi connectivity index (χ2n) is 7.01. The number of piperazine rings is 1. The van der Waals surface area contributed by atoms with E-state index in [0.29, 0.717) is 24.1 Å². The lowest BCUT2D eigenvalue weighted by molar-refractivity contribution is 0.0800. The molecule has 0 spiro atoms. The van der Waals surface area contributed by atoms with Crippen LogP contribution >= 0.6 is 0 Å². The molecule has 0 bridgehead atoms. The third-order valence-electron chi connectivity index (χ3n) is 5.23. The van der Waals surface area contributed by atoms with Gasteiger partial charge in [-0.1, -0.05) is 5.16 Å². The second-order valence-corrected chi connectivity index (χ2v) is 7.01. The molecule has 0 radical (unpaired) electrons. The minimum atomic E-state index is 0.0731. The molecule has 1 aromatic carbocycles. The van der Waals surface area contributed by atoms with Crippen LogP contribution in [0.25, 0.3) is 11.6 Å². The van der Waals surface area contributed by atoms with E-state index in [1.807, 2.05) is 36.4 Å². The van der Waals surface area contributed by atoms with Gasteiger partial charge in [0.2, 0.25) is 11.7 Å². The molecule has 8 heteroatoms. The third-order valence-corrected chi connectivity index (χ3v) is 5.23. The fraction of sp³-hybridized carbons (Fsp3) is 0.429. The molecule has 0 saturated carbocycles. The number of hydrogen-bond acceptors (Lipinski definition) is 8. The number of furan rings is 1. The van der Waals surface area contributed by atoms with Crippen molar-refractivity contribution in [3.05, 3.63) is 48.6 Å². The molecule has 1 aliphatic rings. The number of hydrogen-bond donors (Lipinski definition) is 0. The number of benzene rings is 1. The van der Waals surface area contributed by atoms with Crippen LogP contribution in [0.4, 0.5) is 0 Å². The second kappa shape index (κ2) is 9.11. The van der Waals surface area contributed by atoms with Gasteiger partial charge in [0.1, 0.15) is 18.1 Å². The molecule has 3 aromatic rings. The molecule has 2 aromatic heterocycles. The maximum Gasteiger partial charge on any atom is 0.244 e. The van der Waals surface area contributed by atoms with Crippen molar-refractivity contribution in [1.29, 1.82) is 0 Å². The van der Waals surface area contributed by atoms with E-state index in [9.17, 15) is 0 Å². The lowest BCUT2D eigenvalue weighted by Gasteiger charge is -2.36. The van der Waals surface area contributed by atoms with Crippen molar-refractivity contribution in [2.45, 2.75) is 13.0 Å². The van der Waals surface area contributed by atoms with E-state index >= 15 is 0 Å². The fourth-order valence-electron chi connectivity index (χ4n) is 3.41. The number of nitrogens with zero attached hydrogens (tertiary/aromatic N) is 4. The fourth-order valence-corrected chi connectivity index (χ4v) is 3.41. The van der Waals surface area contributed by atoms with Gasteiger partial charge in [0.15, 0.2) is 5.76 Å². The number of aromatic nitrogens is 2. The molecule has 1 fully saturated rings. The van der Waals surface area contributed by atoms with E-state index in [-0.39, 0.29) is 6.04 Å². The van der Waals surface area contributed by atoms with Crippen LogP contribution in [0.5, 0.6) is 11.5 Å². The largest absolute Gasteiger partial charge is 0.497 e. The predicted molar refractivity (Wildman–Crippen MR) is 107 cm³/mol. The van der Waals surface area contributed by atoms with Crippen LogP contribution in [0, 0.1) is 0 Å². The Morgan fingerprint density at radius 3 is 2.52 bits per heavy atom. The molecule has 0 aliphatic carbocycles. The Morgan fingerprint density at radius 2 is 1.83 bits per heavy atom. The van der Waals surface area contributed by atoms with Gasteiger partial charge in [-0.05, 0) is 43.3 Å². The van der Waals surface area contributed by atoms with Gasteiger partial charge < -0.3 is 18.4 Å². The first-order valence-corrected chi connectivity index (χ1v) is 9.83. The molecule has 1 aliphatic heterocycles. The molecule has 1 saturated heterocycles. The zero-order valence-electron chi connectivity index (χ0n) is 16.8. The highest BCUT2D eigenvalue weighted by molar-refractivity contribution is 5.44. The van der Waals surface area contributed by atoms with E-state index < -0.39 is 0 Å². The first-order chi connectivity index (χ1) is 14.2. The highest BCUT2D eigenvalue weighted by Gasteiger charge is 2.26. The molecular weight excluding hydrogens is 372 g/mol. The summed E-state index contributed by atoms with van der Waals surface area (Å²) in [5, 5.41) is 4.03. The summed E-state index contributed by atoms with van der Waals surface area (Å²) in [6.07, 6.45) is 1.60. The summed E-state index contributed by atoms with van der Waals surface area (Å²) in [6.45, 7) is 7.52. The van der Waals surface area contributed by atoms with Crippen molar-refractivity contribution in [2.24, 2.45) is 0 Å². The van der Waals surface area contributed by atoms with Gasteiger partial charge in [-0.25, -0.2) is 0 Å². The highest BCUT2D eigenvalue weighted by Crippen LogP contribution is 2.23. The minimum absolute atomic E-state index is 0.0731. The van der Waals surface area contributed by atoms with Crippen molar-refractivity contribution in [3.63, 3.8) is 0 Å². The molecule has 154 valence electrons. The van der Waals surface area contributed by atoms with E-state index in [4.69, 9.17) is 18.4 Å². The van der Waals surface area contributed by atoms with Crippen molar-refractivity contribution in [3.8, 4) is 23.1 Å². The van der Waals surface area contributed by atoms with Crippen LogP contribution in [0.3, 0.4) is 0 Å². The Hall–Kier alpha value is -2.84. The highest BCUT2D eigenvalue weighted by atomic mass is 16.5. The zero-order valence-corrected chi connectivity index (χ0v) is 16.8. The monoisotopic (exact) mass is 398 g/mol. The lowest BCUT2D eigenvalue weighted by atomic mass is 10.2. The zero-order chi connectivity index (χ0) is 20.1. The summed E-state index contributed by atoms with van der Waals surface area (Å²) in [6, 6.07) is 11.4. The van der Waals surface area contributed by atoms with Gasteiger partial charge in [-0.2, -0.15) is 4.98 Å². The van der Waals surface area contributed by atoms with Crippen LogP contribution in [-0.2, 0) is 0 Å². The van der Waals surface area contributed by atoms with Crippen molar-refractivity contribution >= 4 is 0 Å².